The number of Topliss-reactive ketones (excluding diaryl/α,β-unsaturated/α-hetero) is 1. The van der Waals surface area contributed by atoms with Gasteiger partial charge in [0.25, 0.3) is 0 Å². The van der Waals surface area contributed by atoms with Crippen LogP contribution in [-0.2, 0) is 4.74 Å². The number of hydrogen-bond donors (Lipinski definition) is 0. The molecule has 1 aromatic heterocycles. The van der Waals surface area contributed by atoms with Gasteiger partial charge in [0.2, 0.25) is 0 Å². The third-order valence-electron chi connectivity index (χ3n) is 2.35. The molecule has 1 unspecified atom stereocenters. The van der Waals surface area contributed by atoms with E-state index in [2.05, 4.69) is 15.9 Å². The van der Waals surface area contributed by atoms with Crippen molar-refractivity contribution in [2.75, 3.05) is 13.2 Å². The molecular weight excluding hydrogens is 248 g/mol. The molecule has 0 amide bonds. The van der Waals surface area contributed by atoms with Crippen LogP contribution in [0.3, 0.4) is 0 Å². The highest BCUT2D eigenvalue weighted by atomic mass is 79.9. The van der Waals surface area contributed by atoms with Crippen LogP contribution in [0, 0.1) is 5.92 Å². The van der Waals surface area contributed by atoms with E-state index in [4.69, 9.17) is 9.15 Å². The highest BCUT2D eigenvalue weighted by Gasteiger charge is 2.21. The minimum Gasteiger partial charge on any atom is -0.446 e. The molecule has 1 atom stereocenters. The van der Waals surface area contributed by atoms with Crippen LogP contribution in [0.4, 0.5) is 0 Å². The molecule has 1 aromatic rings. The van der Waals surface area contributed by atoms with E-state index in [9.17, 15) is 4.79 Å². The van der Waals surface area contributed by atoms with Crippen LogP contribution in [0.25, 0.3) is 0 Å². The molecule has 0 aromatic carbocycles. The summed E-state index contributed by atoms with van der Waals surface area (Å²) in [5.74, 6) is 0.862. The lowest BCUT2D eigenvalue weighted by atomic mass is 10.0. The second-order valence-electron chi connectivity index (χ2n) is 3.46. The van der Waals surface area contributed by atoms with E-state index in [1.54, 1.807) is 12.1 Å². The third-order valence-corrected chi connectivity index (χ3v) is 2.77. The number of carbonyl (C=O) groups excluding carboxylic acids is 1. The Labute approximate surface area is 90.6 Å². The lowest BCUT2D eigenvalue weighted by Crippen LogP contribution is -2.07. The van der Waals surface area contributed by atoms with E-state index in [0.717, 1.165) is 13.0 Å². The number of ether oxygens (including phenoxy) is 1. The third kappa shape index (κ3) is 2.25. The van der Waals surface area contributed by atoms with Crippen LogP contribution >= 0.6 is 15.9 Å². The van der Waals surface area contributed by atoms with Gasteiger partial charge in [-0.25, -0.2) is 0 Å². The first-order chi connectivity index (χ1) is 6.75. The normalized spacial score (nSPS) is 21.4. The van der Waals surface area contributed by atoms with Crippen molar-refractivity contribution in [3.05, 3.63) is 22.6 Å². The average molecular weight is 259 g/mol. The molecule has 14 heavy (non-hydrogen) atoms. The fraction of sp³-hybridized carbons (Fsp3) is 0.500. The fourth-order valence-electron chi connectivity index (χ4n) is 1.57. The molecule has 0 aliphatic carbocycles. The number of rotatable bonds is 3. The van der Waals surface area contributed by atoms with Crippen LogP contribution in [0.1, 0.15) is 23.4 Å². The van der Waals surface area contributed by atoms with Crippen LogP contribution < -0.4 is 0 Å². The van der Waals surface area contributed by atoms with Crippen molar-refractivity contribution in [3.8, 4) is 0 Å². The quantitative estimate of drug-likeness (QED) is 0.783. The summed E-state index contributed by atoms with van der Waals surface area (Å²) in [5, 5.41) is 0. The first-order valence-corrected chi connectivity index (χ1v) is 5.41. The van der Waals surface area contributed by atoms with Gasteiger partial charge in [-0.1, -0.05) is 0 Å². The van der Waals surface area contributed by atoms with Crippen LogP contribution in [0.5, 0.6) is 0 Å². The van der Waals surface area contributed by atoms with Gasteiger partial charge in [-0.3, -0.25) is 4.79 Å². The van der Waals surface area contributed by atoms with Gasteiger partial charge in [0.1, 0.15) is 0 Å². The fourth-order valence-corrected chi connectivity index (χ4v) is 1.88. The maximum absolute atomic E-state index is 11.6. The summed E-state index contributed by atoms with van der Waals surface area (Å²) in [6.45, 7) is 1.48. The van der Waals surface area contributed by atoms with Gasteiger partial charge < -0.3 is 9.15 Å². The lowest BCUT2D eigenvalue weighted by molar-refractivity contribution is 0.0924. The zero-order valence-corrected chi connectivity index (χ0v) is 9.25. The van der Waals surface area contributed by atoms with Gasteiger partial charge in [-0.15, -0.1) is 0 Å². The number of halogens is 1. The van der Waals surface area contributed by atoms with Gasteiger partial charge >= 0.3 is 0 Å². The van der Waals surface area contributed by atoms with Gasteiger partial charge in [0, 0.05) is 19.6 Å². The topological polar surface area (TPSA) is 39.4 Å². The molecule has 3 nitrogen and oxygen atoms in total. The molecule has 4 heteroatoms. The average Bonchev–Trinajstić information content (AvgIpc) is 2.75. The summed E-state index contributed by atoms with van der Waals surface area (Å²) in [5.41, 5.74) is 0. The van der Waals surface area contributed by atoms with Crippen molar-refractivity contribution in [3.63, 3.8) is 0 Å². The van der Waals surface area contributed by atoms with Crippen molar-refractivity contribution < 1.29 is 13.9 Å². The monoisotopic (exact) mass is 258 g/mol. The summed E-state index contributed by atoms with van der Waals surface area (Å²) >= 11 is 3.17. The Hall–Kier alpha value is -0.610. The predicted octanol–water partition coefficient (Wildman–Crippen LogP) is 2.65. The second kappa shape index (κ2) is 4.28. The lowest BCUT2D eigenvalue weighted by Gasteiger charge is -2.03. The number of ketones is 1. The molecule has 0 saturated carbocycles. The van der Waals surface area contributed by atoms with Crippen molar-refractivity contribution in [1.29, 1.82) is 0 Å². The summed E-state index contributed by atoms with van der Waals surface area (Å²) in [6, 6.07) is 3.43. The van der Waals surface area contributed by atoms with Gasteiger partial charge in [-0.05, 0) is 40.4 Å². The molecule has 2 heterocycles. The Kier molecular flexibility index (Phi) is 3.03. The van der Waals surface area contributed by atoms with E-state index in [0.29, 0.717) is 29.4 Å². The minimum absolute atomic E-state index is 0.0613. The highest BCUT2D eigenvalue weighted by Crippen LogP contribution is 2.21. The molecule has 0 radical (unpaired) electrons. The minimum atomic E-state index is 0.0613. The van der Waals surface area contributed by atoms with Gasteiger partial charge in [0.05, 0.1) is 0 Å². The van der Waals surface area contributed by atoms with Crippen molar-refractivity contribution in [2.45, 2.75) is 12.8 Å². The Morgan fingerprint density at radius 3 is 3.00 bits per heavy atom. The molecule has 2 rings (SSSR count). The van der Waals surface area contributed by atoms with E-state index < -0.39 is 0 Å². The first-order valence-electron chi connectivity index (χ1n) is 4.62. The summed E-state index contributed by atoms with van der Waals surface area (Å²) in [4.78, 5) is 11.6. The zero-order valence-electron chi connectivity index (χ0n) is 7.66. The molecule has 0 N–H and O–H groups in total. The molecule has 1 fully saturated rings. The Morgan fingerprint density at radius 1 is 1.57 bits per heavy atom. The molecule has 76 valence electrons. The van der Waals surface area contributed by atoms with E-state index in [1.807, 2.05) is 0 Å². The Bertz CT molecular complexity index is 326. The smallest absolute Gasteiger partial charge is 0.198 e. The standard InChI is InChI=1S/C10H11BrO3/c11-10-2-1-9(14-10)8(12)5-7-3-4-13-6-7/h1-2,7H,3-6H2. The van der Waals surface area contributed by atoms with Gasteiger partial charge in [-0.2, -0.15) is 0 Å². The van der Waals surface area contributed by atoms with E-state index >= 15 is 0 Å². The highest BCUT2D eigenvalue weighted by molar-refractivity contribution is 9.10. The maximum Gasteiger partial charge on any atom is 0.198 e. The van der Waals surface area contributed by atoms with Crippen LogP contribution in [0.15, 0.2) is 21.2 Å². The second-order valence-corrected chi connectivity index (χ2v) is 4.24. The number of hydrogen-bond acceptors (Lipinski definition) is 3. The first kappa shape index (κ1) is 9.93. The number of furan rings is 1. The molecular formula is C10H11BrO3. The molecule has 0 spiro atoms. The molecule has 1 aliphatic rings. The van der Waals surface area contributed by atoms with Crippen molar-refractivity contribution >= 4 is 21.7 Å². The summed E-state index contributed by atoms with van der Waals surface area (Å²) in [6.07, 6.45) is 1.51. The van der Waals surface area contributed by atoms with Crippen LogP contribution in [-0.4, -0.2) is 19.0 Å². The van der Waals surface area contributed by atoms with Crippen molar-refractivity contribution in [1.82, 2.24) is 0 Å². The molecule has 1 saturated heterocycles. The Balaban J connectivity index is 1.95. The molecule has 1 aliphatic heterocycles. The summed E-state index contributed by atoms with van der Waals surface area (Å²) < 4.78 is 11.0. The molecule has 0 bridgehead atoms. The maximum atomic E-state index is 11.6. The van der Waals surface area contributed by atoms with Crippen LogP contribution in [0.2, 0.25) is 0 Å². The SMILES string of the molecule is O=C(CC1CCOC1)c1ccc(Br)o1. The predicted molar refractivity (Wildman–Crippen MR) is 54.3 cm³/mol. The van der Waals surface area contributed by atoms with E-state index in [-0.39, 0.29) is 5.78 Å². The zero-order chi connectivity index (χ0) is 9.97. The van der Waals surface area contributed by atoms with E-state index in [1.165, 1.54) is 0 Å². The summed E-state index contributed by atoms with van der Waals surface area (Å²) in [7, 11) is 0. The Morgan fingerprint density at radius 2 is 2.43 bits per heavy atom. The van der Waals surface area contributed by atoms with Crippen molar-refractivity contribution in [2.24, 2.45) is 5.92 Å². The largest absolute Gasteiger partial charge is 0.446 e. The van der Waals surface area contributed by atoms with Gasteiger partial charge in [0.15, 0.2) is 16.2 Å². The number of carbonyl (C=O) groups is 1.